The van der Waals surface area contributed by atoms with Crippen LogP contribution in [0.3, 0.4) is 0 Å². The first-order valence-corrected chi connectivity index (χ1v) is 6.24. The molecule has 0 saturated carbocycles. The molecule has 0 aliphatic rings. The number of ether oxygens (including phenoxy) is 2. The SMILES string of the molecule is CC(C)OCCOc1cccc(C(C)(C)C)c1. The van der Waals surface area contributed by atoms with Crippen LogP contribution in [-0.2, 0) is 10.2 Å². The van der Waals surface area contributed by atoms with Gasteiger partial charge in [0.25, 0.3) is 0 Å². The van der Waals surface area contributed by atoms with Gasteiger partial charge in [-0.25, -0.2) is 0 Å². The molecule has 0 spiro atoms. The highest BCUT2D eigenvalue weighted by Crippen LogP contribution is 2.25. The Kier molecular flexibility index (Phi) is 5.01. The Bertz CT molecular complexity index is 337. The highest BCUT2D eigenvalue weighted by Gasteiger charge is 2.13. The Labute approximate surface area is 105 Å². The third-order valence-electron chi connectivity index (χ3n) is 2.50. The van der Waals surface area contributed by atoms with Crippen LogP contribution in [0, 0.1) is 0 Å². The van der Waals surface area contributed by atoms with Crippen molar-refractivity contribution in [2.75, 3.05) is 13.2 Å². The molecule has 17 heavy (non-hydrogen) atoms. The molecule has 0 fully saturated rings. The van der Waals surface area contributed by atoms with Crippen molar-refractivity contribution in [3.05, 3.63) is 29.8 Å². The van der Waals surface area contributed by atoms with Crippen LogP contribution in [0.4, 0.5) is 0 Å². The third kappa shape index (κ3) is 5.22. The van der Waals surface area contributed by atoms with Gasteiger partial charge < -0.3 is 9.47 Å². The van der Waals surface area contributed by atoms with Gasteiger partial charge in [-0.1, -0.05) is 32.9 Å². The highest BCUT2D eigenvalue weighted by atomic mass is 16.5. The molecular formula is C15H24O2. The fraction of sp³-hybridized carbons (Fsp3) is 0.600. The van der Waals surface area contributed by atoms with Crippen LogP contribution in [0.5, 0.6) is 5.75 Å². The summed E-state index contributed by atoms with van der Waals surface area (Å²) in [6.45, 7) is 11.9. The second-order valence-electron chi connectivity index (χ2n) is 5.55. The molecule has 0 atom stereocenters. The highest BCUT2D eigenvalue weighted by molar-refractivity contribution is 5.32. The first kappa shape index (κ1) is 14.0. The average Bonchev–Trinajstić information content (AvgIpc) is 2.23. The maximum absolute atomic E-state index is 5.67. The van der Waals surface area contributed by atoms with E-state index in [0.29, 0.717) is 13.2 Å². The summed E-state index contributed by atoms with van der Waals surface area (Å²) in [5.41, 5.74) is 1.45. The minimum absolute atomic E-state index is 0.161. The van der Waals surface area contributed by atoms with Crippen molar-refractivity contribution in [1.82, 2.24) is 0 Å². The van der Waals surface area contributed by atoms with Crippen LogP contribution in [0.15, 0.2) is 24.3 Å². The second-order valence-corrected chi connectivity index (χ2v) is 5.55. The molecule has 1 rings (SSSR count). The van der Waals surface area contributed by atoms with E-state index in [-0.39, 0.29) is 11.5 Å². The van der Waals surface area contributed by atoms with Gasteiger partial charge in [0.15, 0.2) is 0 Å². The molecule has 0 aliphatic carbocycles. The molecule has 1 aromatic rings. The summed E-state index contributed by atoms with van der Waals surface area (Å²) in [7, 11) is 0. The fourth-order valence-electron chi connectivity index (χ4n) is 1.50. The molecule has 1 aromatic carbocycles. The lowest BCUT2D eigenvalue weighted by atomic mass is 9.87. The van der Waals surface area contributed by atoms with Gasteiger partial charge >= 0.3 is 0 Å². The lowest BCUT2D eigenvalue weighted by Crippen LogP contribution is -2.13. The van der Waals surface area contributed by atoms with Crippen LogP contribution >= 0.6 is 0 Å². The lowest BCUT2D eigenvalue weighted by Gasteiger charge is -2.19. The number of rotatable bonds is 5. The molecule has 0 aliphatic heterocycles. The van der Waals surface area contributed by atoms with Crippen LogP contribution in [0.1, 0.15) is 40.2 Å². The molecule has 2 nitrogen and oxygen atoms in total. The normalized spacial score (nSPS) is 11.9. The first-order chi connectivity index (χ1) is 7.89. The predicted molar refractivity (Wildman–Crippen MR) is 71.7 cm³/mol. The van der Waals surface area contributed by atoms with Crippen LogP contribution in [-0.4, -0.2) is 19.3 Å². The molecule has 0 N–H and O–H groups in total. The van der Waals surface area contributed by atoms with E-state index in [1.54, 1.807) is 0 Å². The van der Waals surface area contributed by atoms with E-state index in [0.717, 1.165) is 5.75 Å². The minimum atomic E-state index is 0.161. The largest absolute Gasteiger partial charge is 0.491 e. The summed E-state index contributed by atoms with van der Waals surface area (Å²) in [4.78, 5) is 0. The van der Waals surface area contributed by atoms with Gasteiger partial charge in [-0.05, 0) is 37.0 Å². The quantitative estimate of drug-likeness (QED) is 0.724. The van der Waals surface area contributed by atoms with E-state index < -0.39 is 0 Å². The van der Waals surface area contributed by atoms with Crippen molar-refractivity contribution in [2.24, 2.45) is 0 Å². The Balaban J connectivity index is 2.49. The summed E-state index contributed by atoms with van der Waals surface area (Å²) in [6.07, 6.45) is 0.263. The molecule has 2 heteroatoms. The van der Waals surface area contributed by atoms with Crippen molar-refractivity contribution >= 4 is 0 Å². The van der Waals surface area contributed by atoms with Gasteiger partial charge in [0.2, 0.25) is 0 Å². The van der Waals surface area contributed by atoms with Crippen molar-refractivity contribution in [3.8, 4) is 5.75 Å². The Morgan fingerprint density at radius 1 is 1.12 bits per heavy atom. The van der Waals surface area contributed by atoms with Crippen molar-refractivity contribution < 1.29 is 9.47 Å². The van der Waals surface area contributed by atoms with E-state index >= 15 is 0 Å². The van der Waals surface area contributed by atoms with E-state index in [1.165, 1.54) is 5.56 Å². The Morgan fingerprint density at radius 3 is 2.41 bits per heavy atom. The summed E-state index contributed by atoms with van der Waals surface area (Å²) in [5, 5.41) is 0. The molecule has 0 amide bonds. The van der Waals surface area contributed by atoms with E-state index in [4.69, 9.17) is 9.47 Å². The van der Waals surface area contributed by atoms with Crippen LogP contribution < -0.4 is 4.74 Å². The van der Waals surface area contributed by atoms with E-state index in [2.05, 4.69) is 32.9 Å². The monoisotopic (exact) mass is 236 g/mol. The number of hydrogen-bond donors (Lipinski definition) is 0. The van der Waals surface area contributed by atoms with Crippen LogP contribution in [0.2, 0.25) is 0 Å². The standard InChI is InChI=1S/C15H24O2/c1-12(2)16-9-10-17-14-8-6-7-13(11-14)15(3,4)5/h6-8,11-12H,9-10H2,1-5H3. The molecule has 0 saturated heterocycles. The summed E-state index contributed by atoms with van der Waals surface area (Å²) < 4.78 is 11.1. The van der Waals surface area contributed by atoms with Crippen molar-refractivity contribution in [3.63, 3.8) is 0 Å². The predicted octanol–water partition coefficient (Wildman–Crippen LogP) is 3.79. The fourth-order valence-corrected chi connectivity index (χ4v) is 1.50. The van der Waals surface area contributed by atoms with E-state index in [9.17, 15) is 0 Å². The Hall–Kier alpha value is -1.02. The number of hydrogen-bond acceptors (Lipinski definition) is 2. The van der Waals surface area contributed by atoms with Crippen LogP contribution in [0.25, 0.3) is 0 Å². The van der Waals surface area contributed by atoms with Gasteiger partial charge in [0.1, 0.15) is 12.4 Å². The average molecular weight is 236 g/mol. The first-order valence-electron chi connectivity index (χ1n) is 6.24. The zero-order chi connectivity index (χ0) is 12.9. The van der Waals surface area contributed by atoms with Gasteiger partial charge in [-0.3, -0.25) is 0 Å². The number of benzene rings is 1. The summed E-state index contributed by atoms with van der Waals surface area (Å²) >= 11 is 0. The molecular weight excluding hydrogens is 212 g/mol. The molecule has 96 valence electrons. The van der Waals surface area contributed by atoms with E-state index in [1.807, 2.05) is 26.0 Å². The molecule has 0 bridgehead atoms. The lowest BCUT2D eigenvalue weighted by molar-refractivity contribution is 0.0552. The molecule has 0 aromatic heterocycles. The molecule has 0 radical (unpaired) electrons. The van der Waals surface area contributed by atoms with Gasteiger partial charge in [0, 0.05) is 0 Å². The summed E-state index contributed by atoms with van der Waals surface area (Å²) in [5.74, 6) is 0.921. The zero-order valence-electron chi connectivity index (χ0n) is 11.6. The van der Waals surface area contributed by atoms with Gasteiger partial charge in [-0.15, -0.1) is 0 Å². The third-order valence-corrected chi connectivity index (χ3v) is 2.50. The topological polar surface area (TPSA) is 18.5 Å². The Morgan fingerprint density at radius 2 is 1.82 bits per heavy atom. The summed E-state index contributed by atoms with van der Waals surface area (Å²) in [6, 6.07) is 8.27. The van der Waals surface area contributed by atoms with Crippen molar-refractivity contribution in [2.45, 2.75) is 46.1 Å². The smallest absolute Gasteiger partial charge is 0.119 e. The maximum atomic E-state index is 5.67. The molecule has 0 unspecified atom stereocenters. The van der Waals surface area contributed by atoms with Crippen molar-refractivity contribution in [1.29, 1.82) is 0 Å². The van der Waals surface area contributed by atoms with Gasteiger partial charge in [0.05, 0.1) is 12.7 Å². The zero-order valence-corrected chi connectivity index (χ0v) is 11.6. The maximum Gasteiger partial charge on any atom is 0.119 e. The minimum Gasteiger partial charge on any atom is -0.491 e. The molecule has 0 heterocycles. The second kappa shape index (κ2) is 6.06. The van der Waals surface area contributed by atoms with Gasteiger partial charge in [-0.2, -0.15) is 0 Å².